The van der Waals surface area contributed by atoms with Crippen molar-refractivity contribution in [3.05, 3.63) is 53.0 Å². The average Bonchev–Trinajstić information content (AvgIpc) is 2.80. The van der Waals surface area contributed by atoms with Crippen LogP contribution in [-0.4, -0.2) is 5.91 Å². The van der Waals surface area contributed by atoms with E-state index in [4.69, 9.17) is 15.0 Å². The number of rotatable bonds is 4. The van der Waals surface area contributed by atoms with Gasteiger partial charge in [0.1, 0.15) is 23.9 Å². The molecular formula is C13H12F2N2O3. The lowest BCUT2D eigenvalue weighted by Gasteiger charge is -2.05. The average molecular weight is 282 g/mol. The highest BCUT2D eigenvalue weighted by Gasteiger charge is 2.15. The fourth-order valence-electron chi connectivity index (χ4n) is 1.65. The number of furan rings is 1. The number of nitrogens with two attached hydrogens (primary N) is 1. The van der Waals surface area contributed by atoms with Gasteiger partial charge >= 0.3 is 0 Å². The Morgan fingerprint density at radius 1 is 1.40 bits per heavy atom. The molecule has 0 atom stereocenters. The highest BCUT2D eigenvalue weighted by molar-refractivity contribution is 5.94. The molecule has 0 bridgehead atoms. The Balaban J connectivity index is 2.11. The van der Waals surface area contributed by atoms with Crippen molar-refractivity contribution in [3.63, 3.8) is 0 Å². The third kappa shape index (κ3) is 2.94. The number of benzene rings is 1. The molecule has 1 aromatic carbocycles. The minimum atomic E-state index is -0.686. The largest absolute Gasteiger partial charge is 0.482 e. The Morgan fingerprint density at radius 3 is 2.85 bits per heavy atom. The predicted octanol–water partition coefficient (Wildman–Crippen LogP) is 2.05. The standard InChI is InChI=1S/C13H12F2N2O3/c1-7-10(13(18)17-16)5-9(20-7)6-19-12-4-8(14)2-3-11(12)15/h2-5H,6,16H2,1H3,(H,17,18). The van der Waals surface area contributed by atoms with Crippen molar-refractivity contribution in [2.45, 2.75) is 13.5 Å². The number of hydrogen-bond acceptors (Lipinski definition) is 4. The Kier molecular flexibility index (Phi) is 3.99. The zero-order valence-corrected chi connectivity index (χ0v) is 10.6. The number of amides is 1. The lowest BCUT2D eigenvalue weighted by atomic mass is 10.2. The molecule has 0 aliphatic heterocycles. The minimum absolute atomic E-state index is 0.140. The van der Waals surface area contributed by atoms with Gasteiger partial charge in [0, 0.05) is 6.07 Å². The summed E-state index contributed by atoms with van der Waals surface area (Å²) in [5, 5.41) is 0. The first kappa shape index (κ1) is 14.0. The summed E-state index contributed by atoms with van der Waals surface area (Å²) >= 11 is 0. The molecule has 7 heteroatoms. The maximum atomic E-state index is 13.3. The second-order valence-corrected chi connectivity index (χ2v) is 4.02. The van der Waals surface area contributed by atoms with Gasteiger partial charge < -0.3 is 9.15 Å². The van der Waals surface area contributed by atoms with Crippen molar-refractivity contribution >= 4 is 5.91 Å². The first-order chi connectivity index (χ1) is 9.51. The zero-order chi connectivity index (χ0) is 14.7. The van der Waals surface area contributed by atoms with E-state index in [1.165, 1.54) is 6.07 Å². The monoisotopic (exact) mass is 282 g/mol. The summed E-state index contributed by atoms with van der Waals surface area (Å²) in [5.41, 5.74) is 2.23. The molecule has 0 unspecified atom stereocenters. The van der Waals surface area contributed by atoms with Crippen molar-refractivity contribution in [2.75, 3.05) is 0 Å². The van der Waals surface area contributed by atoms with Crippen LogP contribution in [0.1, 0.15) is 21.9 Å². The summed E-state index contributed by atoms with van der Waals surface area (Å²) < 4.78 is 36.7. The van der Waals surface area contributed by atoms with E-state index < -0.39 is 17.5 Å². The number of ether oxygens (including phenoxy) is 1. The van der Waals surface area contributed by atoms with Crippen LogP contribution in [0, 0.1) is 18.6 Å². The Bertz CT molecular complexity index is 641. The molecule has 0 aliphatic rings. The molecule has 106 valence electrons. The third-order valence-electron chi connectivity index (χ3n) is 2.61. The molecule has 20 heavy (non-hydrogen) atoms. The molecule has 5 nitrogen and oxygen atoms in total. The van der Waals surface area contributed by atoms with Crippen LogP contribution in [0.25, 0.3) is 0 Å². The SMILES string of the molecule is Cc1oc(COc2cc(F)ccc2F)cc1C(=O)NN. The second kappa shape index (κ2) is 5.70. The van der Waals surface area contributed by atoms with E-state index in [0.717, 1.165) is 18.2 Å². The van der Waals surface area contributed by atoms with Crippen LogP contribution in [0.15, 0.2) is 28.7 Å². The number of aryl methyl sites for hydroxylation is 1. The van der Waals surface area contributed by atoms with Crippen molar-refractivity contribution < 1.29 is 22.7 Å². The van der Waals surface area contributed by atoms with Crippen LogP contribution in [0.3, 0.4) is 0 Å². The molecule has 0 aliphatic carbocycles. The molecule has 3 N–H and O–H groups in total. The van der Waals surface area contributed by atoms with Crippen molar-refractivity contribution in [2.24, 2.45) is 5.84 Å². The van der Waals surface area contributed by atoms with E-state index in [-0.39, 0.29) is 17.9 Å². The molecule has 2 aromatic rings. The van der Waals surface area contributed by atoms with Crippen LogP contribution >= 0.6 is 0 Å². The number of halogens is 2. The number of hydrogen-bond donors (Lipinski definition) is 2. The highest BCUT2D eigenvalue weighted by atomic mass is 19.1. The summed E-state index contributed by atoms with van der Waals surface area (Å²) in [5.74, 6) is 3.63. The van der Waals surface area contributed by atoms with Gasteiger partial charge in [-0.2, -0.15) is 0 Å². The van der Waals surface area contributed by atoms with E-state index in [9.17, 15) is 13.6 Å². The van der Waals surface area contributed by atoms with Gasteiger partial charge in [0.25, 0.3) is 5.91 Å². The lowest BCUT2D eigenvalue weighted by molar-refractivity contribution is 0.0952. The normalized spacial score (nSPS) is 10.4. The number of carbonyl (C=O) groups is 1. The maximum Gasteiger partial charge on any atom is 0.268 e. The highest BCUT2D eigenvalue weighted by Crippen LogP contribution is 2.21. The fourth-order valence-corrected chi connectivity index (χ4v) is 1.65. The third-order valence-corrected chi connectivity index (χ3v) is 2.61. The van der Waals surface area contributed by atoms with Crippen molar-refractivity contribution in [3.8, 4) is 5.75 Å². The van der Waals surface area contributed by atoms with Crippen LogP contribution < -0.4 is 16.0 Å². The Hall–Kier alpha value is -2.41. The number of carbonyl (C=O) groups excluding carboxylic acids is 1. The van der Waals surface area contributed by atoms with E-state index in [2.05, 4.69) is 0 Å². The van der Waals surface area contributed by atoms with Gasteiger partial charge in [0.15, 0.2) is 11.6 Å². The second-order valence-electron chi connectivity index (χ2n) is 4.02. The molecule has 2 rings (SSSR count). The molecule has 0 radical (unpaired) electrons. The molecule has 1 amide bonds. The summed E-state index contributed by atoms with van der Waals surface area (Å²) in [4.78, 5) is 11.4. The van der Waals surface area contributed by atoms with E-state index in [0.29, 0.717) is 11.5 Å². The van der Waals surface area contributed by atoms with Gasteiger partial charge in [-0.15, -0.1) is 0 Å². The van der Waals surface area contributed by atoms with Crippen LogP contribution in [-0.2, 0) is 6.61 Å². The van der Waals surface area contributed by atoms with Gasteiger partial charge in [-0.3, -0.25) is 10.2 Å². The van der Waals surface area contributed by atoms with Crippen LogP contribution in [0.4, 0.5) is 8.78 Å². The van der Waals surface area contributed by atoms with Gasteiger partial charge in [-0.1, -0.05) is 0 Å². The number of hydrazine groups is 1. The van der Waals surface area contributed by atoms with Gasteiger partial charge in [-0.25, -0.2) is 14.6 Å². The predicted molar refractivity (Wildman–Crippen MR) is 65.8 cm³/mol. The first-order valence-corrected chi connectivity index (χ1v) is 5.69. The topological polar surface area (TPSA) is 77.5 Å². The summed E-state index contributed by atoms with van der Waals surface area (Å²) in [6, 6.07) is 4.31. The molecular weight excluding hydrogens is 270 g/mol. The number of nitrogen functional groups attached to an aromatic ring is 1. The van der Waals surface area contributed by atoms with Crippen LogP contribution in [0.2, 0.25) is 0 Å². The maximum absolute atomic E-state index is 13.3. The molecule has 0 fully saturated rings. The van der Waals surface area contributed by atoms with Gasteiger partial charge in [0.05, 0.1) is 5.56 Å². The Morgan fingerprint density at radius 2 is 2.15 bits per heavy atom. The molecule has 0 saturated carbocycles. The lowest BCUT2D eigenvalue weighted by Crippen LogP contribution is -2.30. The Labute approximate surface area is 113 Å². The summed E-state index contributed by atoms with van der Waals surface area (Å²) in [6.07, 6.45) is 0. The van der Waals surface area contributed by atoms with Crippen molar-refractivity contribution in [1.29, 1.82) is 0 Å². The summed E-state index contributed by atoms with van der Waals surface area (Å²) in [7, 11) is 0. The fraction of sp³-hybridized carbons (Fsp3) is 0.154. The quantitative estimate of drug-likeness (QED) is 0.511. The number of nitrogens with one attached hydrogen (secondary N) is 1. The first-order valence-electron chi connectivity index (χ1n) is 5.69. The van der Waals surface area contributed by atoms with Crippen LogP contribution in [0.5, 0.6) is 5.75 Å². The molecule has 0 spiro atoms. The minimum Gasteiger partial charge on any atom is -0.482 e. The van der Waals surface area contributed by atoms with Gasteiger partial charge in [0.2, 0.25) is 0 Å². The zero-order valence-electron chi connectivity index (χ0n) is 10.6. The van der Waals surface area contributed by atoms with E-state index >= 15 is 0 Å². The molecule has 0 saturated heterocycles. The van der Waals surface area contributed by atoms with E-state index in [1.807, 2.05) is 5.43 Å². The summed E-state index contributed by atoms with van der Waals surface area (Å²) in [6.45, 7) is 1.44. The van der Waals surface area contributed by atoms with Crippen molar-refractivity contribution in [1.82, 2.24) is 5.43 Å². The molecule has 1 aromatic heterocycles. The smallest absolute Gasteiger partial charge is 0.268 e. The van der Waals surface area contributed by atoms with E-state index in [1.54, 1.807) is 6.92 Å². The molecule has 1 heterocycles. The van der Waals surface area contributed by atoms with Gasteiger partial charge in [-0.05, 0) is 25.1 Å².